The highest BCUT2D eigenvalue weighted by Gasteiger charge is 2.20. The average Bonchev–Trinajstić information content (AvgIpc) is 3.09. The topological polar surface area (TPSA) is 55.2 Å². The summed E-state index contributed by atoms with van der Waals surface area (Å²) in [6.07, 6.45) is 0. The molecular formula is C19H21N3O2S2. The van der Waals surface area contributed by atoms with Crippen LogP contribution in [0.5, 0.6) is 0 Å². The Hall–Kier alpha value is -2.12. The van der Waals surface area contributed by atoms with Gasteiger partial charge in [-0.05, 0) is 44.4 Å². The Morgan fingerprint density at radius 1 is 1.27 bits per heavy atom. The molecule has 0 N–H and O–H groups in total. The Bertz CT molecular complexity index is 964. The Labute approximate surface area is 160 Å². The van der Waals surface area contributed by atoms with E-state index in [9.17, 15) is 9.59 Å². The van der Waals surface area contributed by atoms with Gasteiger partial charge < -0.3 is 4.90 Å². The van der Waals surface area contributed by atoms with E-state index in [1.54, 1.807) is 9.47 Å². The first kappa shape index (κ1) is 18.7. The second kappa shape index (κ2) is 8.05. The molecule has 0 saturated carbocycles. The molecule has 26 heavy (non-hydrogen) atoms. The lowest BCUT2D eigenvalue weighted by Crippen LogP contribution is -2.38. The van der Waals surface area contributed by atoms with Crippen LogP contribution >= 0.6 is 23.1 Å². The van der Waals surface area contributed by atoms with Gasteiger partial charge in [-0.15, -0.1) is 11.3 Å². The van der Waals surface area contributed by atoms with Gasteiger partial charge in [-0.3, -0.25) is 14.2 Å². The third kappa shape index (κ3) is 3.68. The number of carbonyl (C=O) groups is 1. The van der Waals surface area contributed by atoms with Gasteiger partial charge in [-0.1, -0.05) is 30.0 Å². The molecule has 7 heteroatoms. The quantitative estimate of drug-likeness (QED) is 0.474. The number of anilines is 1. The number of carbonyl (C=O) groups excluding carboxylic acids is 1. The minimum atomic E-state index is -0.0359. The molecule has 0 aliphatic carbocycles. The molecule has 1 aromatic carbocycles. The summed E-state index contributed by atoms with van der Waals surface area (Å²) in [7, 11) is 0. The molecule has 2 heterocycles. The average molecular weight is 388 g/mol. The minimum Gasteiger partial charge on any atom is -0.309 e. The van der Waals surface area contributed by atoms with Crippen molar-refractivity contribution in [1.29, 1.82) is 0 Å². The van der Waals surface area contributed by atoms with Crippen LogP contribution in [0, 0.1) is 0 Å². The van der Waals surface area contributed by atoms with Gasteiger partial charge in [-0.25, -0.2) is 4.98 Å². The van der Waals surface area contributed by atoms with E-state index in [1.165, 1.54) is 23.1 Å². The van der Waals surface area contributed by atoms with Crippen molar-refractivity contribution in [2.45, 2.75) is 38.5 Å². The van der Waals surface area contributed by atoms with Gasteiger partial charge in [0, 0.05) is 18.3 Å². The molecule has 0 spiro atoms. The highest BCUT2D eigenvalue weighted by atomic mass is 32.2. The molecule has 5 nitrogen and oxygen atoms in total. The fourth-order valence-corrected chi connectivity index (χ4v) is 4.53. The number of hydrogen-bond donors (Lipinski definition) is 0. The number of rotatable bonds is 6. The number of nitrogens with zero attached hydrogens (tertiary/aromatic N) is 3. The lowest BCUT2D eigenvalue weighted by Gasteiger charge is -2.26. The molecule has 0 bridgehead atoms. The molecule has 0 aliphatic rings. The Kier molecular flexibility index (Phi) is 5.78. The van der Waals surface area contributed by atoms with E-state index in [1.807, 2.05) is 62.5 Å². The molecule has 0 aliphatic heterocycles. The molecule has 136 valence electrons. The van der Waals surface area contributed by atoms with Crippen LogP contribution in [0.25, 0.3) is 10.2 Å². The summed E-state index contributed by atoms with van der Waals surface area (Å²) in [5.41, 5.74) is 1.54. The van der Waals surface area contributed by atoms with E-state index in [0.717, 1.165) is 5.69 Å². The first-order valence-corrected chi connectivity index (χ1v) is 10.4. The van der Waals surface area contributed by atoms with Crippen LogP contribution in [0.1, 0.15) is 20.8 Å². The Balaban J connectivity index is 1.85. The van der Waals surface area contributed by atoms with Crippen molar-refractivity contribution in [2.24, 2.45) is 0 Å². The summed E-state index contributed by atoms with van der Waals surface area (Å²) in [5.74, 6) is 0.230. The Morgan fingerprint density at radius 3 is 2.65 bits per heavy atom. The minimum absolute atomic E-state index is 0.00137. The molecule has 0 unspecified atom stereocenters. The number of amides is 1. The summed E-state index contributed by atoms with van der Waals surface area (Å²) in [5, 5.41) is 2.46. The van der Waals surface area contributed by atoms with Gasteiger partial charge >= 0.3 is 0 Å². The molecule has 2 aromatic heterocycles. The van der Waals surface area contributed by atoms with Crippen molar-refractivity contribution in [1.82, 2.24) is 9.55 Å². The third-order valence-electron chi connectivity index (χ3n) is 3.99. The normalized spacial score (nSPS) is 11.2. The molecule has 3 aromatic rings. The van der Waals surface area contributed by atoms with Crippen LogP contribution in [0.2, 0.25) is 0 Å². The predicted octanol–water partition coefficient (Wildman–Crippen LogP) is 4.01. The van der Waals surface area contributed by atoms with Crippen molar-refractivity contribution in [3.63, 3.8) is 0 Å². The maximum absolute atomic E-state index is 12.8. The second-order valence-corrected chi connectivity index (χ2v) is 7.92. The number of para-hydroxylation sites is 1. The van der Waals surface area contributed by atoms with Crippen LogP contribution in [-0.4, -0.2) is 27.3 Å². The van der Waals surface area contributed by atoms with Crippen molar-refractivity contribution < 1.29 is 4.79 Å². The lowest BCUT2D eigenvalue weighted by molar-refractivity contribution is -0.116. The zero-order chi connectivity index (χ0) is 18.7. The Morgan fingerprint density at radius 2 is 2.00 bits per heavy atom. The van der Waals surface area contributed by atoms with Gasteiger partial charge in [0.25, 0.3) is 5.56 Å². The largest absolute Gasteiger partial charge is 0.309 e. The summed E-state index contributed by atoms with van der Waals surface area (Å²) in [6, 6.07) is 11.5. The van der Waals surface area contributed by atoms with Gasteiger partial charge in [0.1, 0.15) is 4.70 Å². The SMILES string of the molecule is CCn1c(SCC(=O)N(c2ccccc2)C(C)C)nc2ccsc2c1=O. The van der Waals surface area contributed by atoms with Crippen LogP contribution in [0.3, 0.4) is 0 Å². The summed E-state index contributed by atoms with van der Waals surface area (Å²) >= 11 is 2.72. The molecule has 0 fully saturated rings. The van der Waals surface area contributed by atoms with E-state index in [4.69, 9.17) is 0 Å². The first-order chi connectivity index (χ1) is 12.5. The van der Waals surface area contributed by atoms with Gasteiger partial charge in [0.05, 0.1) is 11.3 Å². The number of benzene rings is 1. The third-order valence-corrected chi connectivity index (χ3v) is 5.84. The number of thioether (sulfide) groups is 1. The predicted molar refractivity (Wildman–Crippen MR) is 109 cm³/mol. The summed E-state index contributed by atoms with van der Waals surface area (Å²) < 4.78 is 2.30. The number of thiophene rings is 1. The number of aromatic nitrogens is 2. The van der Waals surface area contributed by atoms with E-state index in [2.05, 4.69) is 4.98 Å². The highest BCUT2D eigenvalue weighted by Crippen LogP contribution is 2.23. The zero-order valence-corrected chi connectivity index (χ0v) is 16.6. The smallest absolute Gasteiger partial charge is 0.272 e. The fraction of sp³-hybridized carbons (Fsp3) is 0.316. The lowest BCUT2D eigenvalue weighted by atomic mass is 10.2. The summed E-state index contributed by atoms with van der Waals surface area (Å²) in [6.45, 7) is 6.43. The van der Waals surface area contributed by atoms with E-state index < -0.39 is 0 Å². The highest BCUT2D eigenvalue weighted by molar-refractivity contribution is 7.99. The van der Waals surface area contributed by atoms with Crippen LogP contribution in [-0.2, 0) is 11.3 Å². The van der Waals surface area contributed by atoms with E-state index in [0.29, 0.717) is 21.9 Å². The molecule has 0 atom stereocenters. The van der Waals surface area contributed by atoms with Crippen LogP contribution in [0.4, 0.5) is 5.69 Å². The van der Waals surface area contributed by atoms with Gasteiger partial charge in [0.15, 0.2) is 5.16 Å². The van der Waals surface area contributed by atoms with Crippen LogP contribution < -0.4 is 10.5 Å². The second-order valence-electron chi connectivity index (χ2n) is 6.06. The standard InChI is InChI=1S/C19H21N3O2S2/c1-4-21-18(24)17-15(10-11-25-17)20-19(21)26-12-16(23)22(13(2)3)14-8-6-5-7-9-14/h5-11,13H,4,12H2,1-3H3. The maximum atomic E-state index is 12.8. The van der Waals surface area contributed by atoms with Gasteiger partial charge in [0.2, 0.25) is 5.91 Å². The number of hydrogen-bond acceptors (Lipinski definition) is 5. The van der Waals surface area contributed by atoms with E-state index >= 15 is 0 Å². The molecule has 0 saturated heterocycles. The van der Waals surface area contributed by atoms with Gasteiger partial charge in [-0.2, -0.15) is 0 Å². The monoisotopic (exact) mass is 387 g/mol. The molecule has 3 rings (SSSR count). The van der Waals surface area contributed by atoms with Crippen molar-refractivity contribution in [2.75, 3.05) is 10.7 Å². The van der Waals surface area contributed by atoms with Crippen molar-refractivity contribution >= 4 is 44.9 Å². The molecular weight excluding hydrogens is 366 g/mol. The molecule has 1 amide bonds. The van der Waals surface area contributed by atoms with Crippen LogP contribution in [0.15, 0.2) is 51.7 Å². The van der Waals surface area contributed by atoms with Crippen molar-refractivity contribution in [3.8, 4) is 0 Å². The summed E-state index contributed by atoms with van der Waals surface area (Å²) in [4.78, 5) is 31.8. The maximum Gasteiger partial charge on any atom is 0.272 e. The van der Waals surface area contributed by atoms with Crippen molar-refractivity contribution in [3.05, 3.63) is 52.1 Å². The van der Waals surface area contributed by atoms with E-state index in [-0.39, 0.29) is 23.3 Å². The number of fused-ring (bicyclic) bond motifs is 1. The zero-order valence-electron chi connectivity index (χ0n) is 15.0. The molecule has 0 radical (unpaired) electrons. The fourth-order valence-electron chi connectivity index (χ4n) is 2.83. The first-order valence-electron chi connectivity index (χ1n) is 8.50.